The van der Waals surface area contributed by atoms with Gasteiger partial charge in [0.15, 0.2) is 0 Å². The van der Waals surface area contributed by atoms with Gasteiger partial charge in [0.2, 0.25) is 0 Å². The summed E-state index contributed by atoms with van der Waals surface area (Å²) in [5.74, 6) is -1.26. The molecule has 2 fully saturated rings. The van der Waals surface area contributed by atoms with Crippen molar-refractivity contribution in [3.05, 3.63) is 71.0 Å². The molecule has 2 aromatic carbocycles. The summed E-state index contributed by atoms with van der Waals surface area (Å²) in [4.78, 5) is 40.1. The SMILES string of the molecule is CCCCC1(c2c(OC)cccc2OC)NC(=O)C(=C(O)[C@@]2(NC(=O)OCc3ccccc3)CCNC2)C(=O)N1. The smallest absolute Gasteiger partial charge is 0.408 e. The van der Waals surface area contributed by atoms with E-state index in [9.17, 15) is 19.5 Å². The third-order valence-electron chi connectivity index (χ3n) is 7.27. The molecular weight excluding hydrogens is 516 g/mol. The summed E-state index contributed by atoms with van der Waals surface area (Å²) < 4.78 is 16.5. The molecule has 0 aromatic heterocycles. The summed E-state index contributed by atoms with van der Waals surface area (Å²) in [6, 6.07) is 14.3. The van der Waals surface area contributed by atoms with Gasteiger partial charge in [0, 0.05) is 6.54 Å². The summed E-state index contributed by atoms with van der Waals surface area (Å²) in [6.07, 6.45) is 1.26. The number of benzene rings is 2. The van der Waals surface area contributed by atoms with Crippen LogP contribution in [0.1, 0.15) is 43.7 Å². The van der Waals surface area contributed by atoms with Gasteiger partial charge in [-0.25, -0.2) is 4.79 Å². The van der Waals surface area contributed by atoms with Crippen LogP contribution in [0, 0.1) is 0 Å². The number of alkyl carbamates (subject to hydrolysis) is 1. The number of methoxy groups -OCH3 is 2. The first kappa shape index (κ1) is 28.8. The van der Waals surface area contributed by atoms with Gasteiger partial charge in [-0.2, -0.15) is 0 Å². The summed E-state index contributed by atoms with van der Waals surface area (Å²) >= 11 is 0. The molecule has 0 bridgehead atoms. The second-order valence-corrected chi connectivity index (χ2v) is 9.87. The van der Waals surface area contributed by atoms with Crippen molar-refractivity contribution >= 4 is 17.9 Å². The molecule has 0 radical (unpaired) electrons. The van der Waals surface area contributed by atoms with Gasteiger partial charge in [0.25, 0.3) is 11.8 Å². The zero-order valence-electron chi connectivity index (χ0n) is 23.0. The van der Waals surface area contributed by atoms with Crippen LogP contribution in [0.5, 0.6) is 11.5 Å². The molecule has 0 saturated carbocycles. The number of carbonyl (C=O) groups excluding carboxylic acids is 3. The van der Waals surface area contributed by atoms with Crippen LogP contribution < -0.4 is 30.7 Å². The number of aliphatic hydroxyl groups is 1. The molecule has 40 heavy (non-hydrogen) atoms. The zero-order valence-corrected chi connectivity index (χ0v) is 23.0. The van der Waals surface area contributed by atoms with Gasteiger partial charge in [-0.15, -0.1) is 0 Å². The number of rotatable bonds is 10. The second kappa shape index (κ2) is 12.3. The van der Waals surface area contributed by atoms with Crippen LogP contribution in [0.4, 0.5) is 4.79 Å². The van der Waals surface area contributed by atoms with Gasteiger partial charge in [0.1, 0.15) is 40.6 Å². The Morgan fingerprint density at radius 1 is 1.00 bits per heavy atom. The quantitative estimate of drug-likeness (QED) is 0.172. The Morgan fingerprint density at radius 2 is 1.65 bits per heavy atom. The molecule has 3 amide bonds. The van der Waals surface area contributed by atoms with Crippen LogP contribution in [0.25, 0.3) is 0 Å². The van der Waals surface area contributed by atoms with Crippen LogP contribution in [0.2, 0.25) is 0 Å². The highest BCUT2D eigenvalue weighted by Gasteiger charge is 2.50. The first-order chi connectivity index (χ1) is 19.3. The highest BCUT2D eigenvalue weighted by Crippen LogP contribution is 2.41. The molecule has 11 heteroatoms. The highest BCUT2D eigenvalue weighted by atomic mass is 16.5. The van der Waals surface area contributed by atoms with Gasteiger partial charge in [-0.1, -0.05) is 49.7 Å². The molecule has 214 valence electrons. The fraction of sp³-hybridized carbons (Fsp3) is 0.414. The van der Waals surface area contributed by atoms with Gasteiger partial charge < -0.3 is 40.6 Å². The van der Waals surface area contributed by atoms with Crippen molar-refractivity contribution in [3.63, 3.8) is 0 Å². The number of unbranched alkanes of at least 4 members (excludes halogenated alkanes) is 1. The Balaban J connectivity index is 1.65. The fourth-order valence-electron chi connectivity index (χ4n) is 5.20. The predicted octanol–water partition coefficient (Wildman–Crippen LogP) is 2.76. The van der Waals surface area contributed by atoms with E-state index >= 15 is 0 Å². The molecule has 2 aliphatic heterocycles. The van der Waals surface area contributed by atoms with Crippen molar-refractivity contribution in [1.29, 1.82) is 0 Å². The van der Waals surface area contributed by atoms with E-state index in [0.29, 0.717) is 36.4 Å². The normalized spacial score (nSPS) is 22.2. The lowest BCUT2D eigenvalue weighted by molar-refractivity contribution is -0.132. The van der Waals surface area contributed by atoms with Crippen molar-refractivity contribution in [2.45, 2.75) is 50.4 Å². The lowest BCUT2D eigenvalue weighted by Crippen LogP contribution is -2.65. The van der Waals surface area contributed by atoms with Gasteiger partial charge in [0.05, 0.1) is 19.8 Å². The standard InChI is InChI=1S/C29H36N4O7/c1-4-5-14-29(23-20(38-2)12-9-13-21(23)39-3)31-25(35)22(26(36)32-29)24(34)28(15-16-30-18-28)33-27(37)40-17-19-10-7-6-8-11-19/h6-13,30,34H,4-5,14-18H2,1-3H3,(H,31,35)(H,32,36)(H,33,37)/t28-,29?/m1/s1. The highest BCUT2D eigenvalue weighted by molar-refractivity contribution is 6.21. The zero-order chi connectivity index (χ0) is 28.8. The molecule has 1 atom stereocenters. The summed E-state index contributed by atoms with van der Waals surface area (Å²) in [5, 5.41) is 23.0. The van der Waals surface area contributed by atoms with Gasteiger partial charge >= 0.3 is 6.09 Å². The van der Waals surface area contributed by atoms with E-state index in [1.165, 1.54) is 14.2 Å². The molecule has 5 N–H and O–H groups in total. The molecule has 0 aliphatic carbocycles. The van der Waals surface area contributed by atoms with Crippen molar-refractivity contribution in [3.8, 4) is 11.5 Å². The third kappa shape index (κ3) is 5.69. The van der Waals surface area contributed by atoms with Crippen molar-refractivity contribution in [1.82, 2.24) is 21.3 Å². The monoisotopic (exact) mass is 552 g/mol. The van der Waals surface area contributed by atoms with Crippen molar-refractivity contribution in [2.75, 3.05) is 27.3 Å². The van der Waals surface area contributed by atoms with Crippen molar-refractivity contribution in [2.24, 2.45) is 0 Å². The van der Waals surface area contributed by atoms with E-state index in [1.54, 1.807) is 18.2 Å². The lowest BCUT2D eigenvalue weighted by Gasteiger charge is -2.42. The molecule has 0 unspecified atom stereocenters. The Morgan fingerprint density at radius 3 is 2.20 bits per heavy atom. The number of carbonyl (C=O) groups is 3. The average molecular weight is 553 g/mol. The van der Waals surface area contributed by atoms with Crippen LogP contribution in [-0.2, 0) is 26.6 Å². The number of hydrogen-bond acceptors (Lipinski definition) is 8. The minimum absolute atomic E-state index is 0.0230. The Bertz CT molecular complexity index is 1230. The lowest BCUT2D eigenvalue weighted by atomic mass is 9.86. The topological polar surface area (TPSA) is 147 Å². The molecule has 2 saturated heterocycles. The first-order valence-corrected chi connectivity index (χ1v) is 13.3. The molecule has 2 aromatic rings. The number of amides is 3. The Labute approximate surface area is 233 Å². The number of ether oxygens (including phenoxy) is 3. The Hall–Kier alpha value is -4.25. The van der Waals surface area contributed by atoms with Gasteiger partial charge in [-0.05, 0) is 43.5 Å². The van der Waals surface area contributed by atoms with Crippen LogP contribution in [0.15, 0.2) is 59.9 Å². The minimum Gasteiger partial charge on any atom is -0.509 e. The maximum atomic E-state index is 13.7. The average Bonchev–Trinajstić information content (AvgIpc) is 3.44. The molecule has 2 heterocycles. The summed E-state index contributed by atoms with van der Waals surface area (Å²) in [7, 11) is 2.99. The fourth-order valence-corrected chi connectivity index (χ4v) is 5.20. The predicted molar refractivity (Wildman–Crippen MR) is 147 cm³/mol. The second-order valence-electron chi connectivity index (χ2n) is 9.87. The van der Waals surface area contributed by atoms with Crippen molar-refractivity contribution < 1.29 is 33.7 Å². The maximum absolute atomic E-state index is 13.7. The number of hydrogen-bond donors (Lipinski definition) is 5. The van der Waals surface area contributed by atoms with Crippen LogP contribution >= 0.6 is 0 Å². The van der Waals surface area contributed by atoms with Crippen LogP contribution in [-0.4, -0.2) is 55.9 Å². The summed E-state index contributed by atoms with van der Waals surface area (Å²) in [6.45, 7) is 2.56. The Kier molecular flexibility index (Phi) is 8.83. The van der Waals surface area contributed by atoms with E-state index in [0.717, 1.165) is 12.0 Å². The van der Waals surface area contributed by atoms with Crippen LogP contribution in [0.3, 0.4) is 0 Å². The van der Waals surface area contributed by atoms with Gasteiger partial charge in [-0.3, -0.25) is 9.59 Å². The van der Waals surface area contributed by atoms with E-state index in [1.807, 2.05) is 37.3 Å². The van der Waals surface area contributed by atoms with E-state index in [-0.39, 0.29) is 19.6 Å². The van der Waals surface area contributed by atoms with E-state index < -0.39 is 40.4 Å². The molecule has 11 nitrogen and oxygen atoms in total. The number of aliphatic hydroxyl groups excluding tert-OH is 1. The maximum Gasteiger partial charge on any atom is 0.408 e. The largest absolute Gasteiger partial charge is 0.509 e. The minimum atomic E-state index is -1.41. The molecule has 2 aliphatic rings. The van der Waals surface area contributed by atoms with E-state index in [2.05, 4.69) is 21.3 Å². The number of nitrogens with one attached hydrogen (secondary N) is 4. The molecule has 4 rings (SSSR count). The molecular formula is C29H36N4O7. The third-order valence-corrected chi connectivity index (χ3v) is 7.27. The van der Waals surface area contributed by atoms with E-state index in [4.69, 9.17) is 14.2 Å². The summed E-state index contributed by atoms with van der Waals surface area (Å²) in [5.41, 5.74) is -1.99. The first-order valence-electron chi connectivity index (χ1n) is 13.3. The molecule has 0 spiro atoms.